The largest absolute Gasteiger partial charge is 0.454 e. The minimum atomic E-state index is -0.801. The van der Waals surface area contributed by atoms with Crippen molar-refractivity contribution in [2.75, 3.05) is 0 Å². The van der Waals surface area contributed by atoms with Crippen LogP contribution in [0.15, 0.2) is 40.9 Å². The Kier molecular flexibility index (Phi) is 4.31. The number of hydrogen-bond donors (Lipinski definition) is 1. The van der Waals surface area contributed by atoms with Gasteiger partial charge in [0.2, 0.25) is 0 Å². The van der Waals surface area contributed by atoms with Crippen LogP contribution in [0.2, 0.25) is 0 Å². The van der Waals surface area contributed by atoms with Crippen LogP contribution < -0.4 is 10.5 Å². The Morgan fingerprint density at radius 3 is 2.55 bits per heavy atom. The Balaban J connectivity index is 2.33. The van der Waals surface area contributed by atoms with E-state index in [9.17, 15) is 14.5 Å². The summed E-state index contributed by atoms with van der Waals surface area (Å²) in [7, 11) is 0. The summed E-state index contributed by atoms with van der Waals surface area (Å²) in [5.74, 6) is -0.485. The molecule has 0 aliphatic heterocycles. The summed E-state index contributed by atoms with van der Waals surface area (Å²) in [6.45, 7) is 0.226. The maximum Gasteiger partial charge on any atom is 0.272 e. The monoisotopic (exact) mass is 340 g/mol. The molecule has 0 amide bonds. The van der Waals surface area contributed by atoms with E-state index in [1.54, 1.807) is 18.2 Å². The number of non-ortho nitro benzene ring substituents is 1. The molecule has 0 radical (unpaired) electrons. The molecule has 0 fully saturated rings. The fourth-order valence-corrected chi connectivity index (χ4v) is 2.02. The van der Waals surface area contributed by atoms with Gasteiger partial charge in [-0.1, -0.05) is 15.9 Å². The molecule has 2 N–H and O–H groups in total. The molecule has 0 saturated heterocycles. The van der Waals surface area contributed by atoms with E-state index in [2.05, 4.69) is 15.9 Å². The maximum absolute atomic E-state index is 13.7. The molecular formula is C13H10BrFN2O3. The molecule has 2 aromatic carbocycles. The second-order valence-electron chi connectivity index (χ2n) is 3.93. The van der Waals surface area contributed by atoms with Gasteiger partial charge in [0.05, 0.1) is 11.0 Å². The molecule has 2 aromatic rings. The summed E-state index contributed by atoms with van der Waals surface area (Å²) in [4.78, 5) is 9.87. The lowest BCUT2D eigenvalue weighted by Gasteiger charge is -2.11. The Morgan fingerprint density at radius 2 is 1.95 bits per heavy atom. The summed E-state index contributed by atoms with van der Waals surface area (Å²) in [5, 5.41) is 10.5. The first-order chi connectivity index (χ1) is 9.51. The minimum Gasteiger partial charge on any atom is -0.454 e. The Morgan fingerprint density at radius 1 is 1.25 bits per heavy atom. The van der Waals surface area contributed by atoms with Gasteiger partial charge in [-0.25, -0.2) is 4.39 Å². The highest BCUT2D eigenvalue weighted by molar-refractivity contribution is 9.10. The van der Waals surface area contributed by atoms with E-state index in [1.807, 2.05) is 0 Å². The smallest absolute Gasteiger partial charge is 0.272 e. The van der Waals surface area contributed by atoms with Crippen LogP contribution in [0.5, 0.6) is 11.5 Å². The van der Waals surface area contributed by atoms with Crippen LogP contribution in [0.3, 0.4) is 0 Å². The van der Waals surface area contributed by atoms with Crippen LogP contribution in [0, 0.1) is 15.9 Å². The molecule has 20 heavy (non-hydrogen) atoms. The van der Waals surface area contributed by atoms with Gasteiger partial charge in [0.25, 0.3) is 5.69 Å². The minimum absolute atomic E-state index is 0.0902. The van der Waals surface area contributed by atoms with Crippen molar-refractivity contribution in [1.82, 2.24) is 0 Å². The van der Waals surface area contributed by atoms with Crippen molar-refractivity contribution in [3.63, 3.8) is 0 Å². The van der Waals surface area contributed by atoms with Crippen LogP contribution >= 0.6 is 15.9 Å². The number of nitro benzene ring substituents is 1. The van der Waals surface area contributed by atoms with E-state index in [1.165, 1.54) is 12.1 Å². The fraction of sp³-hybridized carbons (Fsp3) is 0.0769. The second-order valence-corrected chi connectivity index (χ2v) is 4.85. The van der Waals surface area contributed by atoms with E-state index in [0.717, 1.165) is 10.5 Å². The van der Waals surface area contributed by atoms with E-state index in [4.69, 9.17) is 10.5 Å². The van der Waals surface area contributed by atoms with Crippen molar-refractivity contribution in [2.45, 2.75) is 6.54 Å². The Labute approximate surface area is 122 Å². The van der Waals surface area contributed by atoms with E-state index >= 15 is 0 Å². The average Bonchev–Trinajstić information content (AvgIpc) is 2.42. The molecule has 0 aliphatic carbocycles. The molecule has 5 nitrogen and oxygen atoms in total. The first-order valence-corrected chi connectivity index (χ1v) is 6.41. The zero-order valence-electron chi connectivity index (χ0n) is 10.2. The van der Waals surface area contributed by atoms with Gasteiger partial charge < -0.3 is 10.5 Å². The van der Waals surface area contributed by atoms with Crippen molar-refractivity contribution < 1.29 is 14.1 Å². The number of hydrogen-bond acceptors (Lipinski definition) is 4. The van der Waals surface area contributed by atoms with Gasteiger partial charge in [0.15, 0.2) is 11.6 Å². The number of rotatable bonds is 4. The standard InChI is InChI=1S/C13H10BrFN2O3/c14-9-1-3-12(8(5-9)7-16)20-13-4-2-10(17(18)19)6-11(13)15/h1-6H,7,16H2. The molecule has 2 rings (SSSR count). The third kappa shape index (κ3) is 3.12. The third-order valence-electron chi connectivity index (χ3n) is 2.59. The van der Waals surface area contributed by atoms with Gasteiger partial charge in [0.1, 0.15) is 5.75 Å². The topological polar surface area (TPSA) is 78.4 Å². The summed E-state index contributed by atoms with van der Waals surface area (Å²) in [6, 6.07) is 8.36. The lowest BCUT2D eigenvalue weighted by molar-refractivity contribution is -0.385. The van der Waals surface area contributed by atoms with Crippen molar-refractivity contribution in [3.8, 4) is 11.5 Å². The number of halogens is 2. The van der Waals surface area contributed by atoms with Gasteiger partial charge in [0, 0.05) is 22.6 Å². The van der Waals surface area contributed by atoms with E-state index in [-0.39, 0.29) is 18.0 Å². The normalized spacial score (nSPS) is 10.3. The van der Waals surface area contributed by atoms with Crippen LogP contribution in [-0.4, -0.2) is 4.92 Å². The van der Waals surface area contributed by atoms with Gasteiger partial charge >= 0.3 is 0 Å². The van der Waals surface area contributed by atoms with Gasteiger partial charge in [-0.2, -0.15) is 0 Å². The molecule has 0 aliphatic rings. The summed E-state index contributed by atoms with van der Waals surface area (Å²) in [6.07, 6.45) is 0. The van der Waals surface area contributed by atoms with Gasteiger partial charge in [-0.15, -0.1) is 0 Å². The molecule has 0 bridgehead atoms. The highest BCUT2D eigenvalue weighted by Gasteiger charge is 2.13. The SMILES string of the molecule is NCc1cc(Br)ccc1Oc1ccc([N+](=O)[O-])cc1F. The number of benzene rings is 2. The Bertz CT molecular complexity index is 664. The molecule has 7 heteroatoms. The zero-order chi connectivity index (χ0) is 14.7. The molecule has 0 heterocycles. The maximum atomic E-state index is 13.7. The average molecular weight is 341 g/mol. The molecular weight excluding hydrogens is 331 g/mol. The second kappa shape index (κ2) is 5.98. The fourth-order valence-electron chi connectivity index (χ4n) is 1.61. The predicted molar refractivity (Wildman–Crippen MR) is 75.2 cm³/mol. The highest BCUT2D eigenvalue weighted by atomic mass is 79.9. The predicted octanol–water partition coefficient (Wildman–Crippen LogP) is 3.75. The number of nitro groups is 1. The van der Waals surface area contributed by atoms with Crippen molar-refractivity contribution in [1.29, 1.82) is 0 Å². The third-order valence-corrected chi connectivity index (χ3v) is 3.08. The van der Waals surface area contributed by atoms with Crippen LogP contribution in [0.1, 0.15) is 5.56 Å². The lowest BCUT2D eigenvalue weighted by atomic mass is 10.2. The van der Waals surface area contributed by atoms with Crippen molar-refractivity contribution >= 4 is 21.6 Å². The first-order valence-electron chi connectivity index (χ1n) is 5.61. The molecule has 0 aromatic heterocycles. The van der Waals surface area contributed by atoms with Gasteiger partial charge in [-0.3, -0.25) is 10.1 Å². The molecule has 104 valence electrons. The molecule has 0 unspecified atom stereocenters. The summed E-state index contributed by atoms with van der Waals surface area (Å²) < 4.78 is 20.0. The summed E-state index contributed by atoms with van der Waals surface area (Å²) >= 11 is 3.30. The number of nitrogens with two attached hydrogens (primary N) is 1. The quantitative estimate of drug-likeness (QED) is 0.679. The number of ether oxygens (including phenoxy) is 1. The lowest BCUT2D eigenvalue weighted by Crippen LogP contribution is -2.00. The highest BCUT2D eigenvalue weighted by Crippen LogP contribution is 2.31. The molecule has 0 saturated carbocycles. The van der Waals surface area contributed by atoms with Crippen LogP contribution in [0.4, 0.5) is 10.1 Å². The number of nitrogens with zero attached hydrogens (tertiary/aromatic N) is 1. The molecule has 0 atom stereocenters. The Hall–Kier alpha value is -1.99. The zero-order valence-corrected chi connectivity index (χ0v) is 11.8. The summed E-state index contributed by atoms with van der Waals surface area (Å²) in [5.41, 5.74) is 5.95. The van der Waals surface area contributed by atoms with Crippen LogP contribution in [-0.2, 0) is 6.54 Å². The van der Waals surface area contributed by atoms with Gasteiger partial charge in [-0.05, 0) is 24.3 Å². The van der Waals surface area contributed by atoms with Crippen molar-refractivity contribution in [2.24, 2.45) is 5.73 Å². The van der Waals surface area contributed by atoms with Crippen LogP contribution in [0.25, 0.3) is 0 Å². The molecule has 0 spiro atoms. The van der Waals surface area contributed by atoms with Crippen molar-refractivity contribution in [3.05, 3.63) is 62.4 Å². The van der Waals surface area contributed by atoms with E-state index in [0.29, 0.717) is 11.3 Å². The first kappa shape index (κ1) is 14.4. The van der Waals surface area contributed by atoms with E-state index < -0.39 is 10.7 Å².